The van der Waals surface area contributed by atoms with Gasteiger partial charge in [0.15, 0.2) is 11.6 Å². The van der Waals surface area contributed by atoms with Gasteiger partial charge in [0.25, 0.3) is 0 Å². The van der Waals surface area contributed by atoms with Gasteiger partial charge in [0.2, 0.25) is 0 Å². The van der Waals surface area contributed by atoms with Crippen molar-refractivity contribution in [2.24, 2.45) is 0 Å². The number of hydrogen-bond donors (Lipinski definition) is 2. The topological polar surface area (TPSA) is 53.6 Å². The van der Waals surface area contributed by atoms with Gasteiger partial charge in [-0.05, 0) is 13.0 Å². The second-order valence-electron chi connectivity index (χ2n) is 3.32. The van der Waals surface area contributed by atoms with Crippen molar-refractivity contribution < 1.29 is 4.39 Å². The summed E-state index contributed by atoms with van der Waals surface area (Å²) in [6.45, 7) is 1.86. The summed E-state index contributed by atoms with van der Waals surface area (Å²) >= 11 is 5.60. The number of H-pyrrole nitrogens is 1. The van der Waals surface area contributed by atoms with E-state index in [0.717, 1.165) is 5.82 Å². The smallest absolute Gasteiger partial charge is 0.166 e. The van der Waals surface area contributed by atoms with Gasteiger partial charge in [-0.1, -0.05) is 11.6 Å². The van der Waals surface area contributed by atoms with Gasteiger partial charge in [-0.2, -0.15) is 0 Å². The Balaban J connectivity index is 2.15. The third kappa shape index (κ3) is 2.30. The molecule has 84 valence electrons. The molecule has 4 nitrogen and oxygen atoms in total. The van der Waals surface area contributed by atoms with Gasteiger partial charge in [-0.15, -0.1) is 0 Å². The summed E-state index contributed by atoms with van der Waals surface area (Å²) in [6, 6.07) is 1.06. The van der Waals surface area contributed by atoms with Gasteiger partial charge in [-0.3, -0.25) is 0 Å². The number of hydrogen-bond acceptors (Lipinski definition) is 3. The lowest BCUT2D eigenvalue weighted by Crippen LogP contribution is -2.10. The first-order valence-electron chi connectivity index (χ1n) is 4.73. The monoisotopic (exact) mass is 240 g/mol. The summed E-state index contributed by atoms with van der Waals surface area (Å²) in [6.07, 6.45) is 4.74. The molecule has 0 fully saturated rings. The van der Waals surface area contributed by atoms with Crippen LogP contribution in [-0.2, 0) is 0 Å². The third-order valence-corrected chi connectivity index (χ3v) is 2.30. The lowest BCUT2D eigenvalue weighted by molar-refractivity contribution is 0.620. The summed E-state index contributed by atoms with van der Waals surface area (Å²) < 4.78 is 13.4. The molecule has 2 aromatic heterocycles. The van der Waals surface area contributed by atoms with E-state index in [1.165, 1.54) is 12.3 Å². The Bertz CT molecular complexity index is 472. The summed E-state index contributed by atoms with van der Waals surface area (Å²) in [5.74, 6) is 0.398. The van der Waals surface area contributed by atoms with Crippen LogP contribution >= 0.6 is 11.6 Å². The maximum Gasteiger partial charge on any atom is 0.166 e. The molecule has 0 aliphatic rings. The molecule has 0 spiro atoms. The van der Waals surface area contributed by atoms with Gasteiger partial charge in [0, 0.05) is 18.6 Å². The van der Waals surface area contributed by atoms with Crippen LogP contribution in [0.1, 0.15) is 18.8 Å². The average molecular weight is 241 g/mol. The lowest BCUT2D eigenvalue weighted by atomic mass is 10.3. The van der Waals surface area contributed by atoms with Crippen LogP contribution in [0.2, 0.25) is 5.02 Å². The molecule has 1 atom stereocenters. The maximum atomic E-state index is 13.4. The van der Waals surface area contributed by atoms with Crippen LogP contribution in [-0.4, -0.2) is 15.0 Å². The normalized spacial score (nSPS) is 12.4. The number of rotatable bonds is 3. The second kappa shape index (κ2) is 4.49. The zero-order valence-electron chi connectivity index (χ0n) is 8.54. The van der Waals surface area contributed by atoms with Crippen LogP contribution in [0.4, 0.5) is 10.2 Å². The number of nitrogens with one attached hydrogen (secondary N) is 2. The molecule has 2 heterocycles. The lowest BCUT2D eigenvalue weighted by Gasteiger charge is -2.12. The highest BCUT2D eigenvalue weighted by Crippen LogP contribution is 2.19. The molecule has 0 amide bonds. The quantitative estimate of drug-likeness (QED) is 0.867. The predicted molar refractivity (Wildman–Crippen MR) is 59.8 cm³/mol. The van der Waals surface area contributed by atoms with Crippen LogP contribution in [0.3, 0.4) is 0 Å². The van der Waals surface area contributed by atoms with E-state index in [0.29, 0.717) is 0 Å². The fourth-order valence-electron chi connectivity index (χ4n) is 1.31. The number of aromatic amines is 1. The minimum Gasteiger partial charge on any atom is -0.358 e. The Labute approximate surface area is 96.9 Å². The van der Waals surface area contributed by atoms with E-state index in [9.17, 15) is 4.39 Å². The molecule has 0 aromatic carbocycles. The van der Waals surface area contributed by atoms with Crippen molar-refractivity contribution in [3.8, 4) is 0 Å². The van der Waals surface area contributed by atoms with Crippen molar-refractivity contribution in [1.82, 2.24) is 15.0 Å². The van der Waals surface area contributed by atoms with Gasteiger partial charge in [0.1, 0.15) is 5.82 Å². The molecule has 0 bridgehead atoms. The first-order chi connectivity index (χ1) is 7.66. The molecule has 2 N–H and O–H groups in total. The summed E-state index contributed by atoms with van der Waals surface area (Å²) in [7, 11) is 0. The van der Waals surface area contributed by atoms with E-state index in [1.807, 2.05) is 6.92 Å². The van der Waals surface area contributed by atoms with E-state index in [2.05, 4.69) is 20.3 Å². The number of aromatic nitrogens is 3. The Morgan fingerprint density at radius 2 is 2.31 bits per heavy atom. The first-order valence-corrected chi connectivity index (χ1v) is 5.11. The molecule has 2 rings (SSSR count). The zero-order chi connectivity index (χ0) is 11.5. The molecule has 0 saturated carbocycles. The molecule has 16 heavy (non-hydrogen) atoms. The van der Waals surface area contributed by atoms with Crippen LogP contribution in [0.25, 0.3) is 0 Å². The van der Waals surface area contributed by atoms with E-state index in [1.54, 1.807) is 12.4 Å². The van der Waals surface area contributed by atoms with Crippen molar-refractivity contribution in [2.75, 3.05) is 5.32 Å². The fourth-order valence-corrected chi connectivity index (χ4v) is 1.45. The van der Waals surface area contributed by atoms with E-state index in [4.69, 9.17) is 11.6 Å². The van der Waals surface area contributed by atoms with Gasteiger partial charge in [0.05, 0.1) is 11.1 Å². The number of anilines is 1. The summed E-state index contributed by atoms with van der Waals surface area (Å²) in [4.78, 5) is 10.9. The molecule has 1 unspecified atom stereocenters. The highest BCUT2D eigenvalue weighted by molar-refractivity contribution is 6.30. The molecule has 2 aromatic rings. The standard InChI is InChI=1S/C10H10ClFN4/c1-6(9-13-2-3-14-9)16-10-8(12)4-7(11)5-15-10/h2-6H,1H3,(H,13,14)(H,15,16). The molecule has 6 heteroatoms. The van der Waals surface area contributed by atoms with E-state index >= 15 is 0 Å². The highest BCUT2D eigenvalue weighted by Gasteiger charge is 2.11. The van der Waals surface area contributed by atoms with E-state index in [-0.39, 0.29) is 16.9 Å². The Hall–Kier alpha value is -1.62. The number of halogens is 2. The number of nitrogens with zero attached hydrogens (tertiary/aromatic N) is 2. The average Bonchev–Trinajstić information content (AvgIpc) is 2.75. The Kier molecular flexibility index (Phi) is 3.05. The van der Waals surface area contributed by atoms with Crippen LogP contribution in [0.5, 0.6) is 0 Å². The van der Waals surface area contributed by atoms with Crippen molar-refractivity contribution in [3.63, 3.8) is 0 Å². The molecule has 0 aliphatic heterocycles. The number of pyridine rings is 1. The zero-order valence-corrected chi connectivity index (χ0v) is 9.29. The summed E-state index contributed by atoms with van der Waals surface area (Å²) in [5.41, 5.74) is 0. The largest absolute Gasteiger partial charge is 0.358 e. The molecule has 0 radical (unpaired) electrons. The van der Waals surface area contributed by atoms with Crippen LogP contribution in [0, 0.1) is 5.82 Å². The summed E-state index contributed by atoms with van der Waals surface area (Å²) in [5, 5.41) is 3.17. The van der Waals surface area contributed by atoms with Crippen LogP contribution in [0.15, 0.2) is 24.7 Å². The minimum atomic E-state index is -0.481. The molecular formula is C10H10ClFN4. The highest BCUT2D eigenvalue weighted by atomic mass is 35.5. The fraction of sp³-hybridized carbons (Fsp3) is 0.200. The maximum absolute atomic E-state index is 13.4. The van der Waals surface area contributed by atoms with Gasteiger partial charge in [-0.25, -0.2) is 14.4 Å². The third-order valence-electron chi connectivity index (χ3n) is 2.09. The van der Waals surface area contributed by atoms with Crippen LogP contribution < -0.4 is 5.32 Å². The first kappa shape index (κ1) is 10.9. The molecule has 0 aliphatic carbocycles. The van der Waals surface area contributed by atoms with Crippen molar-refractivity contribution >= 4 is 17.4 Å². The SMILES string of the molecule is CC(Nc1ncc(Cl)cc1F)c1ncc[nH]1. The van der Waals surface area contributed by atoms with Crippen molar-refractivity contribution in [1.29, 1.82) is 0 Å². The number of imidazole rings is 1. The predicted octanol–water partition coefficient (Wildman–Crippen LogP) is 2.77. The van der Waals surface area contributed by atoms with Gasteiger partial charge < -0.3 is 10.3 Å². The molecular weight excluding hydrogens is 231 g/mol. The van der Waals surface area contributed by atoms with E-state index < -0.39 is 5.82 Å². The van der Waals surface area contributed by atoms with Crippen molar-refractivity contribution in [3.05, 3.63) is 41.3 Å². The van der Waals surface area contributed by atoms with Crippen molar-refractivity contribution in [2.45, 2.75) is 13.0 Å². The van der Waals surface area contributed by atoms with Gasteiger partial charge >= 0.3 is 0 Å². The Morgan fingerprint density at radius 1 is 1.50 bits per heavy atom. The second-order valence-corrected chi connectivity index (χ2v) is 3.76. The molecule has 0 saturated heterocycles. The minimum absolute atomic E-state index is 0.154. The Morgan fingerprint density at radius 3 is 2.94 bits per heavy atom.